The van der Waals surface area contributed by atoms with Crippen molar-refractivity contribution in [2.45, 2.75) is 13.0 Å². The van der Waals surface area contributed by atoms with Gasteiger partial charge in [-0.2, -0.15) is 0 Å². The maximum absolute atomic E-state index is 11.0. The van der Waals surface area contributed by atoms with Crippen LogP contribution in [0.3, 0.4) is 0 Å². The molecule has 2 aromatic rings. The summed E-state index contributed by atoms with van der Waals surface area (Å²) in [5.74, 6) is 0.134. The van der Waals surface area contributed by atoms with Crippen LogP contribution in [0.4, 0.5) is 11.5 Å². The van der Waals surface area contributed by atoms with Gasteiger partial charge >= 0.3 is 5.69 Å². The van der Waals surface area contributed by atoms with Gasteiger partial charge in [0.15, 0.2) is 0 Å². The van der Waals surface area contributed by atoms with Gasteiger partial charge in [-0.25, -0.2) is 4.98 Å². The molecule has 5 nitrogen and oxygen atoms in total. The molecule has 1 N–H and O–H groups in total. The fraction of sp³-hybridized carbons (Fsp3) is 0.154. The van der Waals surface area contributed by atoms with E-state index in [9.17, 15) is 10.1 Å². The smallest absolute Gasteiger partial charge is 0.311 e. The number of pyridine rings is 1. The Kier molecular flexibility index (Phi) is 4.42. The third-order valence-corrected chi connectivity index (χ3v) is 3.18. The molecule has 0 saturated heterocycles. The molecular formula is C13H11Cl2N3O2. The number of anilines is 1. The van der Waals surface area contributed by atoms with Crippen molar-refractivity contribution in [2.24, 2.45) is 0 Å². The summed E-state index contributed by atoms with van der Waals surface area (Å²) < 4.78 is 0. The number of benzene rings is 1. The fourth-order valence-corrected chi connectivity index (χ4v) is 2.09. The molecule has 0 radical (unpaired) electrons. The molecule has 0 aliphatic rings. The largest absolute Gasteiger partial charge is 0.358 e. The molecule has 1 unspecified atom stereocenters. The Balaban J connectivity index is 2.29. The molecular weight excluding hydrogens is 301 g/mol. The molecule has 104 valence electrons. The van der Waals surface area contributed by atoms with E-state index in [1.54, 1.807) is 12.1 Å². The van der Waals surface area contributed by atoms with Gasteiger partial charge in [-0.05, 0) is 30.7 Å². The van der Waals surface area contributed by atoms with Crippen molar-refractivity contribution in [1.29, 1.82) is 0 Å². The summed E-state index contributed by atoms with van der Waals surface area (Å²) in [5, 5.41) is 14.7. The van der Waals surface area contributed by atoms with Gasteiger partial charge in [0.25, 0.3) is 0 Å². The Labute approximate surface area is 125 Å². The van der Waals surface area contributed by atoms with Gasteiger partial charge < -0.3 is 5.32 Å². The van der Waals surface area contributed by atoms with Crippen molar-refractivity contribution >= 4 is 34.7 Å². The van der Waals surface area contributed by atoms with E-state index >= 15 is 0 Å². The second-order valence-corrected chi connectivity index (χ2v) is 5.00. The first-order valence-corrected chi connectivity index (χ1v) is 6.56. The third kappa shape index (κ3) is 3.37. The van der Waals surface area contributed by atoms with Crippen LogP contribution >= 0.6 is 23.2 Å². The van der Waals surface area contributed by atoms with Crippen LogP contribution in [0.25, 0.3) is 0 Å². The van der Waals surface area contributed by atoms with Crippen molar-refractivity contribution in [1.82, 2.24) is 4.98 Å². The molecule has 0 fully saturated rings. The molecule has 0 aliphatic carbocycles. The van der Waals surface area contributed by atoms with Gasteiger partial charge in [0.1, 0.15) is 5.15 Å². The Bertz CT molecular complexity index is 649. The van der Waals surface area contributed by atoms with Crippen molar-refractivity contribution in [3.8, 4) is 0 Å². The van der Waals surface area contributed by atoms with Gasteiger partial charge in [-0.1, -0.05) is 35.3 Å². The third-order valence-electron chi connectivity index (χ3n) is 2.74. The highest BCUT2D eigenvalue weighted by Crippen LogP contribution is 2.28. The molecule has 1 aromatic heterocycles. The lowest BCUT2D eigenvalue weighted by molar-refractivity contribution is -0.384. The summed E-state index contributed by atoms with van der Waals surface area (Å²) in [6, 6.07) is 9.75. The molecule has 20 heavy (non-hydrogen) atoms. The number of nitrogens with zero attached hydrogens (tertiary/aromatic N) is 2. The van der Waals surface area contributed by atoms with Crippen LogP contribution in [0.15, 0.2) is 36.4 Å². The number of aromatic nitrogens is 1. The Morgan fingerprint density at radius 3 is 2.70 bits per heavy atom. The summed E-state index contributed by atoms with van der Waals surface area (Å²) in [6.45, 7) is 1.86. The van der Waals surface area contributed by atoms with Gasteiger partial charge in [0.05, 0.1) is 11.0 Å². The van der Waals surface area contributed by atoms with E-state index in [-0.39, 0.29) is 22.7 Å². The predicted octanol–water partition coefficient (Wildman–Crippen LogP) is 4.47. The SMILES string of the molecule is CC(Nc1nc(Cl)ccc1[N+](=O)[O-])c1cccc(Cl)c1. The fourth-order valence-electron chi connectivity index (χ4n) is 1.75. The zero-order chi connectivity index (χ0) is 14.7. The Hall–Kier alpha value is -1.85. The van der Waals surface area contributed by atoms with Crippen molar-refractivity contribution in [2.75, 3.05) is 5.32 Å². The number of halogens is 2. The minimum absolute atomic E-state index is 0.122. The van der Waals surface area contributed by atoms with Gasteiger partial charge in [-0.15, -0.1) is 0 Å². The van der Waals surface area contributed by atoms with Crippen molar-refractivity contribution < 1.29 is 4.92 Å². The first kappa shape index (κ1) is 14.6. The van der Waals surface area contributed by atoms with Gasteiger partial charge in [0.2, 0.25) is 5.82 Å². The number of hydrogen-bond donors (Lipinski definition) is 1. The zero-order valence-corrected chi connectivity index (χ0v) is 12.0. The van der Waals surface area contributed by atoms with Crippen LogP contribution in [0, 0.1) is 10.1 Å². The van der Waals surface area contributed by atoms with Crippen LogP contribution in [0.5, 0.6) is 0 Å². The normalized spacial score (nSPS) is 11.9. The number of hydrogen-bond acceptors (Lipinski definition) is 4. The molecule has 0 saturated carbocycles. The summed E-state index contributed by atoms with van der Waals surface area (Å²) >= 11 is 11.7. The van der Waals surface area contributed by atoms with E-state index < -0.39 is 4.92 Å². The average molecular weight is 312 g/mol. The topological polar surface area (TPSA) is 68.1 Å². The minimum Gasteiger partial charge on any atom is -0.358 e. The molecule has 1 atom stereocenters. The second-order valence-electron chi connectivity index (χ2n) is 4.18. The molecule has 7 heteroatoms. The van der Waals surface area contributed by atoms with Crippen molar-refractivity contribution in [3.05, 3.63) is 62.3 Å². The number of nitro groups is 1. The predicted molar refractivity (Wildman–Crippen MR) is 79.4 cm³/mol. The maximum atomic E-state index is 11.0. The van der Waals surface area contributed by atoms with Crippen LogP contribution in [-0.4, -0.2) is 9.91 Å². The second kappa shape index (κ2) is 6.07. The molecule has 1 aromatic carbocycles. The molecule has 2 rings (SSSR count). The first-order chi connectivity index (χ1) is 9.47. The van der Waals surface area contributed by atoms with Crippen LogP contribution in [0.1, 0.15) is 18.5 Å². The molecule has 0 aliphatic heterocycles. The van der Waals surface area contributed by atoms with Gasteiger partial charge in [0, 0.05) is 11.1 Å². The minimum atomic E-state index is -0.504. The standard InChI is InChI=1S/C13H11Cl2N3O2/c1-8(9-3-2-4-10(14)7-9)16-13-11(18(19)20)5-6-12(15)17-13/h2-8H,1H3,(H,16,17). The molecule has 0 spiro atoms. The average Bonchev–Trinajstić information content (AvgIpc) is 2.38. The summed E-state index contributed by atoms with van der Waals surface area (Å²) in [4.78, 5) is 14.4. The van der Waals surface area contributed by atoms with Crippen LogP contribution in [-0.2, 0) is 0 Å². The summed E-state index contributed by atoms with van der Waals surface area (Å²) in [7, 11) is 0. The molecule has 0 amide bonds. The van der Waals surface area contributed by atoms with Gasteiger partial charge in [-0.3, -0.25) is 10.1 Å². The number of rotatable bonds is 4. The van der Waals surface area contributed by atoms with E-state index in [0.717, 1.165) is 5.56 Å². The van der Waals surface area contributed by atoms with E-state index in [0.29, 0.717) is 5.02 Å². The highest BCUT2D eigenvalue weighted by atomic mass is 35.5. The molecule has 0 bridgehead atoms. The van der Waals surface area contributed by atoms with Crippen LogP contribution in [0.2, 0.25) is 10.2 Å². The lowest BCUT2D eigenvalue weighted by atomic mass is 10.1. The highest BCUT2D eigenvalue weighted by molar-refractivity contribution is 6.30. The number of nitrogens with one attached hydrogen (secondary N) is 1. The summed E-state index contributed by atoms with van der Waals surface area (Å²) in [5.41, 5.74) is 0.775. The Morgan fingerprint density at radius 1 is 1.30 bits per heavy atom. The lowest BCUT2D eigenvalue weighted by Crippen LogP contribution is -2.10. The van der Waals surface area contributed by atoms with E-state index in [4.69, 9.17) is 23.2 Å². The summed E-state index contributed by atoms with van der Waals surface area (Å²) in [6.07, 6.45) is 0. The van der Waals surface area contributed by atoms with Crippen molar-refractivity contribution in [3.63, 3.8) is 0 Å². The maximum Gasteiger partial charge on any atom is 0.311 e. The van der Waals surface area contributed by atoms with Crippen LogP contribution < -0.4 is 5.32 Å². The Morgan fingerprint density at radius 2 is 2.05 bits per heavy atom. The van der Waals surface area contributed by atoms with E-state index in [1.807, 2.05) is 19.1 Å². The molecule has 1 heterocycles. The van der Waals surface area contributed by atoms with E-state index in [2.05, 4.69) is 10.3 Å². The lowest BCUT2D eigenvalue weighted by Gasteiger charge is -2.15. The first-order valence-electron chi connectivity index (χ1n) is 5.80. The highest BCUT2D eigenvalue weighted by Gasteiger charge is 2.18. The monoisotopic (exact) mass is 311 g/mol. The van der Waals surface area contributed by atoms with E-state index in [1.165, 1.54) is 12.1 Å². The quantitative estimate of drug-likeness (QED) is 0.514. The zero-order valence-electron chi connectivity index (χ0n) is 10.5.